The number of benzene rings is 2. The van der Waals surface area contributed by atoms with Crippen LogP contribution in [0.5, 0.6) is 5.75 Å². The molecule has 0 atom stereocenters. The van der Waals surface area contributed by atoms with Crippen molar-refractivity contribution in [3.05, 3.63) is 76.4 Å². The third-order valence-corrected chi connectivity index (χ3v) is 4.85. The van der Waals surface area contributed by atoms with E-state index in [0.717, 1.165) is 29.0 Å². The number of anilines is 1. The quantitative estimate of drug-likeness (QED) is 0.694. The van der Waals surface area contributed by atoms with Gasteiger partial charge in [-0.2, -0.15) is 0 Å². The Labute approximate surface area is 156 Å². The van der Waals surface area contributed by atoms with Crippen molar-refractivity contribution in [2.24, 2.45) is 0 Å². The molecule has 6 heteroatoms. The molecule has 1 aromatic heterocycles. The second kappa shape index (κ2) is 6.87. The summed E-state index contributed by atoms with van der Waals surface area (Å²) in [5, 5.41) is 3.90. The molecule has 0 radical (unpaired) electrons. The number of amides is 1. The molecular weight excluding hydrogens is 347 g/mol. The number of nitrogens with zero attached hydrogens (tertiary/aromatic N) is 2. The molecule has 0 spiro atoms. The first kappa shape index (κ1) is 17.3. The van der Waals surface area contributed by atoms with Gasteiger partial charge in [0.2, 0.25) is 0 Å². The summed E-state index contributed by atoms with van der Waals surface area (Å²) in [4.78, 5) is 14.4. The van der Waals surface area contributed by atoms with E-state index in [9.17, 15) is 9.18 Å². The molecule has 0 saturated heterocycles. The predicted molar refractivity (Wildman–Crippen MR) is 98.5 cm³/mol. The van der Waals surface area contributed by atoms with Gasteiger partial charge in [-0.1, -0.05) is 11.2 Å². The number of halogens is 1. The number of rotatable bonds is 4. The van der Waals surface area contributed by atoms with Crippen LogP contribution in [0.2, 0.25) is 0 Å². The lowest BCUT2D eigenvalue weighted by Crippen LogP contribution is -2.28. The third-order valence-electron chi connectivity index (χ3n) is 4.85. The van der Waals surface area contributed by atoms with E-state index < -0.39 is 0 Å². The fourth-order valence-electron chi connectivity index (χ4n) is 3.28. The number of aromatic nitrogens is 1. The van der Waals surface area contributed by atoms with E-state index in [2.05, 4.69) is 5.16 Å². The third kappa shape index (κ3) is 3.30. The van der Waals surface area contributed by atoms with Gasteiger partial charge in [-0.3, -0.25) is 4.79 Å². The number of fused-ring (bicyclic) bond motifs is 1. The fourth-order valence-corrected chi connectivity index (χ4v) is 3.28. The van der Waals surface area contributed by atoms with Gasteiger partial charge < -0.3 is 14.2 Å². The summed E-state index contributed by atoms with van der Waals surface area (Å²) in [6.07, 6.45) is 0.736. The first-order valence-electron chi connectivity index (χ1n) is 8.78. The molecule has 0 N–H and O–H groups in total. The van der Waals surface area contributed by atoms with Crippen LogP contribution in [0.3, 0.4) is 0 Å². The summed E-state index contributed by atoms with van der Waals surface area (Å²) >= 11 is 0. The van der Waals surface area contributed by atoms with Crippen LogP contribution in [0.25, 0.3) is 0 Å². The second-order valence-corrected chi connectivity index (χ2v) is 6.60. The van der Waals surface area contributed by atoms with Gasteiger partial charge in [0.1, 0.15) is 23.9 Å². The Morgan fingerprint density at radius 2 is 2.00 bits per heavy atom. The summed E-state index contributed by atoms with van der Waals surface area (Å²) in [6, 6.07) is 11.6. The molecule has 1 amide bonds. The van der Waals surface area contributed by atoms with E-state index in [-0.39, 0.29) is 11.7 Å². The van der Waals surface area contributed by atoms with Crippen molar-refractivity contribution in [2.45, 2.75) is 26.9 Å². The molecule has 3 aromatic rings. The molecule has 0 fully saturated rings. The van der Waals surface area contributed by atoms with Gasteiger partial charge in [-0.25, -0.2) is 4.39 Å². The van der Waals surface area contributed by atoms with Crippen molar-refractivity contribution in [3.63, 3.8) is 0 Å². The standard InChI is InChI=1S/C21H19FN2O3/c1-13-19(14(2)27-23-13)12-26-18-7-4-16(5-8-18)21(25)24-10-9-15-3-6-17(22)11-20(15)24/h3-8,11H,9-10,12H2,1-2H3. The number of ether oxygens (including phenoxy) is 1. The maximum Gasteiger partial charge on any atom is 0.258 e. The van der Waals surface area contributed by atoms with Crippen molar-refractivity contribution in [1.29, 1.82) is 0 Å². The molecule has 1 aliphatic heterocycles. The molecule has 138 valence electrons. The van der Waals surface area contributed by atoms with Crippen molar-refractivity contribution < 1.29 is 18.4 Å². The van der Waals surface area contributed by atoms with E-state index in [1.54, 1.807) is 35.2 Å². The average molecular weight is 366 g/mol. The topological polar surface area (TPSA) is 55.6 Å². The van der Waals surface area contributed by atoms with Crippen LogP contribution in [-0.4, -0.2) is 17.6 Å². The summed E-state index contributed by atoms with van der Waals surface area (Å²) < 4.78 is 24.4. The van der Waals surface area contributed by atoms with Crippen LogP contribution in [0.4, 0.5) is 10.1 Å². The minimum atomic E-state index is -0.337. The molecule has 0 aliphatic carbocycles. The smallest absolute Gasteiger partial charge is 0.258 e. The van der Waals surface area contributed by atoms with Crippen LogP contribution in [-0.2, 0) is 13.0 Å². The number of carbonyl (C=O) groups is 1. The fraction of sp³-hybridized carbons (Fsp3) is 0.238. The minimum absolute atomic E-state index is 0.142. The highest BCUT2D eigenvalue weighted by Gasteiger charge is 2.26. The maximum atomic E-state index is 13.5. The molecule has 2 aromatic carbocycles. The zero-order valence-corrected chi connectivity index (χ0v) is 15.2. The SMILES string of the molecule is Cc1noc(C)c1COc1ccc(C(=O)N2CCc3ccc(F)cc32)cc1. The molecule has 1 aliphatic rings. The molecule has 0 bridgehead atoms. The predicted octanol–water partition coefficient (Wildman–Crippen LogP) is 4.21. The van der Waals surface area contributed by atoms with E-state index in [1.807, 2.05) is 13.8 Å². The second-order valence-electron chi connectivity index (χ2n) is 6.60. The highest BCUT2D eigenvalue weighted by molar-refractivity contribution is 6.07. The average Bonchev–Trinajstić information content (AvgIpc) is 3.23. The Morgan fingerprint density at radius 3 is 2.70 bits per heavy atom. The van der Waals surface area contributed by atoms with Gasteiger partial charge in [-0.15, -0.1) is 0 Å². The van der Waals surface area contributed by atoms with E-state index >= 15 is 0 Å². The first-order chi connectivity index (χ1) is 13.0. The molecule has 27 heavy (non-hydrogen) atoms. The maximum absolute atomic E-state index is 13.5. The lowest BCUT2D eigenvalue weighted by Gasteiger charge is -2.17. The van der Waals surface area contributed by atoms with Crippen molar-refractivity contribution >= 4 is 11.6 Å². The van der Waals surface area contributed by atoms with Gasteiger partial charge in [0.15, 0.2) is 0 Å². The zero-order valence-electron chi connectivity index (χ0n) is 15.2. The Hall–Kier alpha value is -3.15. The number of aryl methyl sites for hydroxylation is 2. The van der Waals surface area contributed by atoms with E-state index in [4.69, 9.17) is 9.26 Å². The van der Waals surface area contributed by atoms with Crippen molar-refractivity contribution in [2.75, 3.05) is 11.4 Å². The highest BCUT2D eigenvalue weighted by atomic mass is 19.1. The first-order valence-corrected chi connectivity index (χ1v) is 8.78. The normalized spacial score (nSPS) is 12.9. The lowest BCUT2D eigenvalue weighted by molar-refractivity contribution is 0.0989. The number of hydrogen-bond acceptors (Lipinski definition) is 4. The van der Waals surface area contributed by atoms with Crippen LogP contribution < -0.4 is 9.64 Å². The Kier molecular flexibility index (Phi) is 4.39. The minimum Gasteiger partial charge on any atom is -0.489 e. The zero-order chi connectivity index (χ0) is 19.0. The molecular formula is C21H19FN2O3. The summed E-state index contributed by atoms with van der Waals surface area (Å²) in [5.41, 5.74) is 3.91. The number of carbonyl (C=O) groups excluding carboxylic acids is 1. The summed E-state index contributed by atoms with van der Waals surface area (Å²) in [5.74, 6) is 0.909. The molecule has 5 nitrogen and oxygen atoms in total. The van der Waals surface area contributed by atoms with Crippen LogP contribution >= 0.6 is 0 Å². The Morgan fingerprint density at radius 1 is 1.22 bits per heavy atom. The van der Waals surface area contributed by atoms with Gasteiger partial charge in [0, 0.05) is 12.1 Å². The molecule has 0 unspecified atom stereocenters. The lowest BCUT2D eigenvalue weighted by atomic mass is 10.1. The van der Waals surface area contributed by atoms with Crippen LogP contribution in [0.1, 0.15) is 32.9 Å². The van der Waals surface area contributed by atoms with Gasteiger partial charge in [-0.05, 0) is 62.2 Å². The largest absolute Gasteiger partial charge is 0.489 e. The van der Waals surface area contributed by atoms with Crippen LogP contribution in [0.15, 0.2) is 47.0 Å². The Bertz CT molecular complexity index is 976. The van der Waals surface area contributed by atoms with E-state index in [0.29, 0.717) is 30.2 Å². The van der Waals surface area contributed by atoms with Crippen LogP contribution in [0, 0.1) is 19.7 Å². The summed E-state index contributed by atoms with van der Waals surface area (Å²) in [6.45, 7) is 4.63. The summed E-state index contributed by atoms with van der Waals surface area (Å²) in [7, 11) is 0. The van der Waals surface area contributed by atoms with Gasteiger partial charge >= 0.3 is 0 Å². The monoisotopic (exact) mass is 366 g/mol. The van der Waals surface area contributed by atoms with Crippen molar-refractivity contribution in [3.8, 4) is 5.75 Å². The highest BCUT2D eigenvalue weighted by Crippen LogP contribution is 2.30. The molecule has 4 rings (SSSR count). The Balaban J connectivity index is 1.47. The van der Waals surface area contributed by atoms with Gasteiger partial charge in [0.05, 0.1) is 16.9 Å². The molecule has 0 saturated carbocycles. The molecule has 2 heterocycles. The number of hydrogen-bond donors (Lipinski definition) is 0. The van der Waals surface area contributed by atoms with Crippen molar-refractivity contribution in [1.82, 2.24) is 5.16 Å². The van der Waals surface area contributed by atoms with E-state index in [1.165, 1.54) is 12.1 Å². The van der Waals surface area contributed by atoms with Gasteiger partial charge in [0.25, 0.3) is 5.91 Å².